The van der Waals surface area contributed by atoms with E-state index in [9.17, 15) is 4.79 Å². The van der Waals surface area contributed by atoms with Gasteiger partial charge in [0.2, 0.25) is 5.89 Å². The molecule has 5 rings (SSSR count). The number of hydrogen-bond acceptors (Lipinski definition) is 6. The Hall–Kier alpha value is -3.03. The molecule has 144 valence electrons. The van der Waals surface area contributed by atoms with Crippen LogP contribution >= 0.6 is 0 Å². The molecule has 1 aromatic carbocycles. The minimum Gasteiger partial charge on any atom is -0.339 e. The lowest BCUT2D eigenvalue weighted by molar-refractivity contribution is 0.0661. The van der Waals surface area contributed by atoms with Crippen LogP contribution in [0.3, 0.4) is 0 Å². The number of rotatable bonds is 5. The van der Waals surface area contributed by atoms with Gasteiger partial charge in [-0.25, -0.2) is 0 Å². The smallest absolute Gasteiger partial charge is 0.276 e. The lowest BCUT2D eigenvalue weighted by Crippen LogP contribution is -2.40. The second-order valence-corrected chi connectivity index (χ2v) is 7.64. The molecule has 3 heterocycles. The summed E-state index contributed by atoms with van der Waals surface area (Å²) < 4.78 is 5.41. The van der Waals surface area contributed by atoms with E-state index in [2.05, 4.69) is 20.3 Å². The first-order valence-electron chi connectivity index (χ1n) is 9.86. The van der Waals surface area contributed by atoms with E-state index in [0.717, 1.165) is 50.2 Å². The molecular weight excluding hydrogens is 356 g/mol. The molecule has 1 saturated heterocycles. The molecule has 1 aliphatic carbocycles. The summed E-state index contributed by atoms with van der Waals surface area (Å²) in [5, 5.41) is 12.7. The van der Waals surface area contributed by atoms with Crippen molar-refractivity contribution in [2.75, 3.05) is 13.1 Å². The van der Waals surface area contributed by atoms with E-state index in [1.807, 2.05) is 35.2 Å². The Morgan fingerprint density at radius 1 is 1.18 bits per heavy atom. The molecule has 8 nitrogen and oxygen atoms in total. The molecule has 2 fully saturated rings. The van der Waals surface area contributed by atoms with Gasteiger partial charge >= 0.3 is 0 Å². The van der Waals surface area contributed by atoms with Gasteiger partial charge in [0.05, 0.1) is 11.9 Å². The molecule has 1 aliphatic heterocycles. The first kappa shape index (κ1) is 17.1. The Bertz CT molecular complexity index is 962. The first-order chi connectivity index (χ1) is 13.8. The molecular formula is C20H22N6O2. The summed E-state index contributed by atoms with van der Waals surface area (Å²) in [5.41, 5.74) is 1.21. The minimum atomic E-state index is -0.0731. The minimum absolute atomic E-state index is 0.0731. The number of carbonyl (C=O) groups is 1. The van der Waals surface area contributed by atoms with Gasteiger partial charge in [-0.1, -0.05) is 23.4 Å². The van der Waals surface area contributed by atoms with Crippen molar-refractivity contribution in [3.8, 4) is 5.69 Å². The predicted octanol–water partition coefficient (Wildman–Crippen LogP) is 2.62. The molecule has 1 unspecified atom stereocenters. The van der Waals surface area contributed by atoms with E-state index in [0.29, 0.717) is 30.0 Å². The molecule has 1 atom stereocenters. The van der Waals surface area contributed by atoms with Crippen molar-refractivity contribution in [1.29, 1.82) is 0 Å². The number of aromatic nitrogens is 5. The number of likely N-dealkylation sites (tertiary alicyclic amines) is 1. The lowest BCUT2D eigenvalue weighted by atomic mass is 9.94. The molecule has 3 aromatic rings. The monoisotopic (exact) mass is 378 g/mol. The molecule has 0 bridgehead atoms. The largest absolute Gasteiger partial charge is 0.339 e. The molecule has 0 N–H and O–H groups in total. The highest BCUT2D eigenvalue weighted by Gasteiger charge is 2.31. The SMILES string of the molecule is O=C(c1cnn(-c2ccccc2)n1)N1CCCC(Cc2nc(C3CC3)no2)C1. The molecule has 0 spiro atoms. The van der Waals surface area contributed by atoms with E-state index >= 15 is 0 Å². The predicted molar refractivity (Wildman–Crippen MR) is 100.0 cm³/mol. The highest BCUT2D eigenvalue weighted by Crippen LogP contribution is 2.38. The van der Waals surface area contributed by atoms with Crippen molar-refractivity contribution in [2.45, 2.75) is 38.0 Å². The molecule has 28 heavy (non-hydrogen) atoms. The van der Waals surface area contributed by atoms with Gasteiger partial charge < -0.3 is 9.42 Å². The Morgan fingerprint density at radius 3 is 2.86 bits per heavy atom. The van der Waals surface area contributed by atoms with Crippen LogP contribution in [0.5, 0.6) is 0 Å². The zero-order valence-corrected chi connectivity index (χ0v) is 15.6. The summed E-state index contributed by atoms with van der Waals surface area (Å²) in [6.07, 6.45) is 6.61. The van der Waals surface area contributed by atoms with Gasteiger partial charge in [0.25, 0.3) is 5.91 Å². The maximum Gasteiger partial charge on any atom is 0.276 e. The highest BCUT2D eigenvalue weighted by molar-refractivity contribution is 5.92. The average molecular weight is 378 g/mol. The maximum atomic E-state index is 12.9. The summed E-state index contributed by atoms with van der Waals surface area (Å²) in [7, 11) is 0. The van der Waals surface area contributed by atoms with Crippen molar-refractivity contribution in [2.24, 2.45) is 5.92 Å². The Labute approximate surface area is 162 Å². The van der Waals surface area contributed by atoms with E-state index in [4.69, 9.17) is 4.52 Å². The molecule has 0 radical (unpaired) electrons. The van der Waals surface area contributed by atoms with E-state index in [1.54, 1.807) is 6.20 Å². The van der Waals surface area contributed by atoms with Crippen molar-refractivity contribution < 1.29 is 9.32 Å². The van der Waals surface area contributed by atoms with Crippen LogP contribution in [0.2, 0.25) is 0 Å². The fraction of sp³-hybridized carbons (Fsp3) is 0.450. The Balaban J connectivity index is 1.24. The van der Waals surface area contributed by atoms with Crippen LogP contribution in [0.1, 0.15) is 53.8 Å². The van der Waals surface area contributed by atoms with Crippen molar-refractivity contribution in [1.82, 2.24) is 30.0 Å². The van der Waals surface area contributed by atoms with Crippen molar-refractivity contribution in [3.63, 3.8) is 0 Å². The van der Waals surface area contributed by atoms with E-state index in [1.165, 1.54) is 4.80 Å². The fourth-order valence-corrected chi connectivity index (χ4v) is 3.73. The highest BCUT2D eigenvalue weighted by atomic mass is 16.5. The van der Waals surface area contributed by atoms with Gasteiger partial charge in [-0.3, -0.25) is 4.79 Å². The summed E-state index contributed by atoms with van der Waals surface area (Å²) in [6, 6.07) is 9.59. The third-order valence-corrected chi connectivity index (χ3v) is 5.39. The number of carbonyl (C=O) groups excluding carboxylic acids is 1. The summed E-state index contributed by atoms with van der Waals surface area (Å²) >= 11 is 0. The molecule has 1 amide bonds. The van der Waals surface area contributed by atoms with Crippen LogP contribution in [0, 0.1) is 5.92 Å². The Morgan fingerprint density at radius 2 is 2.04 bits per heavy atom. The van der Waals surface area contributed by atoms with Crippen LogP contribution in [-0.4, -0.2) is 49.0 Å². The average Bonchev–Trinajstić information content (AvgIpc) is 3.28. The summed E-state index contributed by atoms with van der Waals surface area (Å²) in [5.74, 6) is 2.28. The third-order valence-electron chi connectivity index (χ3n) is 5.39. The number of benzene rings is 1. The molecule has 2 aliphatic rings. The summed E-state index contributed by atoms with van der Waals surface area (Å²) in [4.78, 5) is 20.8. The van der Waals surface area contributed by atoms with Crippen molar-refractivity contribution in [3.05, 3.63) is 53.9 Å². The van der Waals surface area contributed by atoms with Crippen molar-refractivity contribution >= 4 is 5.91 Å². The number of para-hydroxylation sites is 1. The molecule has 1 saturated carbocycles. The van der Waals surface area contributed by atoms with Crippen LogP contribution in [-0.2, 0) is 6.42 Å². The van der Waals surface area contributed by atoms with Gasteiger partial charge in [0, 0.05) is 25.4 Å². The number of hydrogen-bond donors (Lipinski definition) is 0. The van der Waals surface area contributed by atoms with Gasteiger partial charge in [-0.15, -0.1) is 5.10 Å². The Kier molecular flexibility index (Phi) is 4.38. The quantitative estimate of drug-likeness (QED) is 0.678. The first-order valence-corrected chi connectivity index (χ1v) is 9.86. The van der Waals surface area contributed by atoms with Crippen LogP contribution < -0.4 is 0 Å². The molecule has 8 heteroatoms. The van der Waals surface area contributed by atoms with Gasteiger partial charge in [-0.2, -0.15) is 14.9 Å². The van der Waals surface area contributed by atoms with Crippen LogP contribution in [0.25, 0.3) is 5.69 Å². The molecule has 2 aromatic heterocycles. The normalized spacial score (nSPS) is 19.7. The zero-order valence-electron chi connectivity index (χ0n) is 15.6. The van der Waals surface area contributed by atoms with Gasteiger partial charge in [0.1, 0.15) is 0 Å². The zero-order chi connectivity index (χ0) is 18.9. The maximum absolute atomic E-state index is 12.9. The summed E-state index contributed by atoms with van der Waals surface area (Å²) in [6.45, 7) is 1.42. The van der Waals surface area contributed by atoms with Gasteiger partial charge in [0.15, 0.2) is 11.5 Å². The number of nitrogens with zero attached hydrogens (tertiary/aromatic N) is 6. The standard InChI is InChI=1S/C20H22N6O2/c27-20(17-12-21-26(23-17)16-6-2-1-3-7-16)25-10-4-5-14(13-25)11-18-22-19(24-28-18)15-8-9-15/h1-3,6-7,12,14-15H,4-5,8-11,13H2. The third kappa shape index (κ3) is 3.54. The van der Waals surface area contributed by atoms with E-state index in [-0.39, 0.29) is 5.91 Å². The van der Waals surface area contributed by atoms with E-state index < -0.39 is 0 Å². The second kappa shape index (κ2) is 7.18. The lowest BCUT2D eigenvalue weighted by Gasteiger charge is -2.31. The van der Waals surface area contributed by atoms with Crippen LogP contribution in [0.4, 0.5) is 0 Å². The topological polar surface area (TPSA) is 89.9 Å². The van der Waals surface area contributed by atoms with Gasteiger partial charge in [-0.05, 0) is 43.7 Å². The fourth-order valence-electron chi connectivity index (χ4n) is 3.73. The second-order valence-electron chi connectivity index (χ2n) is 7.64. The number of amides is 1. The van der Waals surface area contributed by atoms with Crippen LogP contribution in [0.15, 0.2) is 41.1 Å². The number of piperidine rings is 1.